The Morgan fingerprint density at radius 3 is 2.56 bits per heavy atom. The number of carbonyl (C=O) groups is 1. The van der Waals surface area contributed by atoms with Crippen molar-refractivity contribution in [3.8, 4) is 0 Å². The first-order valence-corrected chi connectivity index (χ1v) is 9.61. The Morgan fingerprint density at radius 1 is 1.08 bits per heavy atom. The van der Waals surface area contributed by atoms with Gasteiger partial charge in [-0.15, -0.1) is 0 Å². The second-order valence-corrected chi connectivity index (χ2v) is 8.30. The molecule has 4 heterocycles. The average Bonchev–Trinajstić information content (AvgIpc) is 3.34. The number of nitrogens with zero attached hydrogens (tertiary/aromatic N) is 2. The van der Waals surface area contributed by atoms with Crippen LogP contribution in [-0.4, -0.2) is 47.4 Å². The van der Waals surface area contributed by atoms with Gasteiger partial charge in [-0.25, -0.2) is 8.78 Å². The van der Waals surface area contributed by atoms with Crippen LogP contribution in [0.5, 0.6) is 0 Å². The predicted octanol–water partition coefficient (Wildman–Crippen LogP) is 3.15. The zero-order chi connectivity index (χ0) is 17.1. The van der Waals surface area contributed by atoms with Crippen molar-refractivity contribution < 1.29 is 13.6 Å². The van der Waals surface area contributed by atoms with E-state index in [0.29, 0.717) is 30.4 Å². The summed E-state index contributed by atoms with van der Waals surface area (Å²) >= 11 is 0. The molecule has 1 aromatic carbocycles. The minimum atomic E-state index is -0.784. The number of hydrogen-bond donors (Lipinski definition) is 0. The van der Waals surface area contributed by atoms with Crippen LogP contribution in [0.1, 0.15) is 43.6 Å². The van der Waals surface area contributed by atoms with Crippen molar-refractivity contribution in [2.45, 2.75) is 50.1 Å². The number of hydrogen-bond acceptors (Lipinski definition) is 2. The number of piperidine rings is 3. The third kappa shape index (κ3) is 2.50. The van der Waals surface area contributed by atoms with Gasteiger partial charge in [-0.2, -0.15) is 0 Å². The number of benzene rings is 1. The van der Waals surface area contributed by atoms with Crippen molar-refractivity contribution in [3.05, 3.63) is 35.4 Å². The molecular weight excluding hydrogens is 322 g/mol. The molecule has 5 heteroatoms. The van der Waals surface area contributed by atoms with E-state index in [0.717, 1.165) is 38.8 Å². The molecule has 1 saturated carbocycles. The van der Waals surface area contributed by atoms with Crippen molar-refractivity contribution in [1.29, 1.82) is 0 Å². The number of halogens is 2. The van der Waals surface area contributed by atoms with E-state index < -0.39 is 11.6 Å². The molecule has 6 rings (SSSR count). The Balaban J connectivity index is 1.51. The highest BCUT2D eigenvalue weighted by atomic mass is 19.2. The number of amides is 1. The summed E-state index contributed by atoms with van der Waals surface area (Å²) in [5, 5.41) is 0. The van der Waals surface area contributed by atoms with E-state index >= 15 is 0 Å². The van der Waals surface area contributed by atoms with Gasteiger partial charge in [0.2, 0.25) is 5.91 Å². The van der Waals surface area contributed by atoms with Gasteiger partial charge in [0.1, 0.15) is 0 Å². The number of likely N-dealkylation sites (tertiary alicyclic amines) is 1. The van der Waals surface area contributed by atoms with Crippen molar-refractivity contribution in [2.24, 2.45) is 11.8 Å². The first kappa shape index (κ1) is 15.7. The SMILES string of the molecule is O=C(CC1CC1)N1C[C@H](c2cccc(F)c2F)[C@H]2[C@@H]1C1CCN2CC1. The number of carbonyl (C=O) groups excluding carboxylic acids is 1. The fourth-order valence-corrected chi connectivity index (χ4v) is 5.47. The lowest BCUT2D eigenvalue weighted by molar-refractivity contribution is -0.136. The highest BCUT2D eigenvalue weighted by molar-refractivity contribution is 5.78. The van der Waals surface area contributed by atoms with Gasteiger partial charge in [0, 0.05) is 24.9 Å². The summed E-state index contributed by atoms with van der Waals surface area (Å²) in [7, 11) is 0. The Labute approximate surface area is 147 Å². The second kappa shape index (κ2) is 5.76. The lowest BCUT2D eigenvalue weighted by Crippen LogP contribution is -2.60. The quantitative estimate of drug-likeness (QED) is 0.839. The van der Waals surface area contributed by atoms with Crippen LogP contribution in [0, 0.1) is 23.5 Å². The third-order valence-corrected chi connectivity index (χ3v) is 6.86. The van der Waals surface area contributed by atoms with Crippen LogP contribution in [-0.2, 0) is 4.79 Å². The first-order valence-electron chi connectivity index (χ1n) is 9.61. The van der Waals surface area contributed by atoms with E-state index in [4.69, 9.17) is 0 Å². The zero-order valence-electron chi connectivity index (χ0n) is 14.3. The monoisotopic (exact) mass is 346 g/mol. The summed E-state index contributed by atoms with van der Waals surface area (Å²) in [6.45, 7) is 2.57. The summed E-state index contributed by atoms with van der Waals surface area (Å²) in [6, 6.07) is 4.80. The van der Waals surface area contributed by atoms with Crippen LogP contribution < -0.4 is 0 Å². The largest absolute Gasteiger partial charge is 0.337 e. The van der Waals surface area contributed by atoms with Crippen molar-refractivity contribution in [2.75, 3.05) is 19.6 Å². The molecule has 2 bridgehead atoms. The highest BCUT2D eigenvalue weighted by Gasteiger charge is 2.55. The van der Waals surface area contributed by atoms with E-state index in [1.807, 2.05) is 4.90 Å². The lowest BCUT2D eigenvalue weighted by Gasteiger charge is -2.51. The zero-order valence-corrected chi connectivity index (χ0v) is 14.3. The fourth-order valence-electron chi connectivity index (χ4n) is 5.47. The van der Waals surface area contributed by atoms with E-state index in [1.54, 1.807) is 12.1 Å². The molecule has 3 atom stereocenters. The molecule has 134 valence electrons. The van der Waals surface area contributed by atoms with E-state index in [9.17, 15) is 13.6 Å². The molecule has 0 unspecified atom stereocenters. The summed E-state index contributed by atoms with van der Waals surface area (Å²) < 4.78 is 28.3. The molecule has 25 heavy (non-hydrogen) atoms. The number of rotatable bonds is 3. The Morgan fingerprint density at radius 2 is 1.84 bits per heavy atom. The molecule has 0 spiro atoms. The third-order valence-electron chi connectivity index (χ3n) is 6.86. The van der Waals surface area contributed by atoms with E-state index in [1.165, 1.54) is 6.07 Å². The van der Waals surface area contributed by atoms with Crippen LogP contribution in [0.3, 0.4) is 0 Å². The Bertz CT molecular complexity index is 697. The van der Waals surface area contributed by atoms with Crippen LogP contribution in [0.4, 0.5) is 8.78 Å². The molecule has 1 aromatic rings. The molecule has 4 aliphatic heterocycles. The van der Waals surface area contributed by atoms with Gasteiger partial charge in [0.15, 0.2) is 11.6 Å². The molecule has 0 N–H and O–H groups in total. The fraction of sp³-hybridized carbons (Fsp3) is 0.650. The van der Waals surface area contributed by atoms with E-state index in [-0.39, 0.29) is 23.9 Å². The average molecular weight is 346 g/mol. The Kier molecular flexibility index (Phi) is 3.63. The van der Waals surface area contributed by atoms with Gasteiger partial charge in [-0.05, 0) is 62.2 Å². The predicted molar refractivity (Wildman–Crippen MR) is 90.0 cm³/mol. The molecule has 0 aromatic heterocycles. The lowest BCUT2D eigenvalue weighted by atomic mass is 9.75. The van der Waals surface area contributed by atoms with Crippen molar-refractivity contribution in [1.82, 2.24) is 9.80 Å². The molecule has 1 amide bonds. The minimum absolute atomic E-state index is 0.119. The molecule has 4 saturated heterocycles. The molecule has 1 aliphatic carbocycles. The molecule has 5 aliphatic rings. The molecular formula is C20H24F2N2O. The minimum Gasteiger partial charge on any atom is -0.337 e. The Hall–Kier alpha value is -1.49. The van der Waals surface area contributed by atoms with Crippen LogP contribution in [0.2, 0.25) is 0 Å². The normalized spacial score (nSPS) is 36.6. The summed E-state index contributed by atoms with van der Waals surface area (Å²) in [5.41, 5.74) is 0.448. The van der Waals surface area contributed by atoms with Gasteiger partial charge >= 0.3 is 0 Å². The van der Waals surface area contributed by atoms with Gasteiger partial charge < -0.3 is 4.90 Å². The van der Waals surface area contributed by atoms with Crippen LogP contribution in [0.25, 0.3) is 0 Å². The van der Waals surface area contributed by atoms with Crippen molar-refractivity contribution in [3.63, 3.8) is 0 Å². The van der Waals surface area contributed by atoms with Crippen molar-refractivity contribution >= 4 is 5.91 Å². The van der Waals surface area contributed by atoms with Gasteiger partial charge in [0.25, 0.3) is 0 Å². The van der Waals surface area contributed by atoms with E-state index in [2.05, 4.69) is 4.90 Å². The summed E-state index contributed by atoms with van der Waals surface area (Å²) in [4.78, 5) is 17.4. The summed E-state index contributed by atoms with van der Waals surface area (Å²) in [6.07, 6.45) is 5.18. The number of fused-ring (bicyclic) bond motifs is 2. The van der Waals surface area contributed by atoms with Gasteiger partial charge in [0.05, 0.1) is 6.04 Å². The van der Waals surface area contributed by atoms with Gasteiger partial charge in [-0.1, -0.05) is 12.1 Å². The first-order chi connectivity index (χ1) is 12.1. The molecule has 3 nitrogen and oxygen atoms in total. The molecule has 0 radical (unpaired) electrons. The highest BCUT2D eigenvalue weighted by Crippen LogP contribution is 2.48. The molecule has 5 fully saturated rings. The smallest absolute Gasteiger partial charge is 0.223 e. The van der Waals surface area contributed by atoms with Gasteiger partial charge in [-0.3, -0.25) is 9.69 Å². The summed E-state index contributed by atoms with van der Waals surface area (Å²) in [5.74, 6) is -0.340. The second-order valence-electron chi connectivity index (χ2n) is 8.30. The van der Waals surface area contributed by atoms with Crippen LogP contribution >= 0.6 is 0 Å². The maximum Gasteiger partial charge on any atom is 0.223 e. The maximum absolute atomic E-state index is 14.5. The standard InChI is InChI=1S/C20H24F2N2O/c21-16-3-1-2-14(18(16)22)15-11-24(17(25)10-12-4-5-12)19-13-6-8-23(9-7-13)20(15)19/h1-3,12-13,15,19-20H,4-11H2/t15-,19+,20+/m1/s1. The maximum atomic E-state index is 14.5. The van der Waals surface area contributed by atoms with Crippen LogP contribution in [0.15, 0.2) is 18.2 Å². The topological polar surface area (TPSA) is 23.6 Å².